The maximum Gasteiger partial charge on any atom is 0.313 e. The fraction of sp³-hybridized carbons (Fsp3) is 0.708. The van der Waals surface area contributed by atoms with Crippen molar-refractivity contribution in [3.63, 3.8) is 0 Å². The van der Waals surface area contributed by atoms with E-state index in [1.54, 1.807) is 0 Å². The van der Waals surface area contributed by atoms with Crippen LogP contribution in [0.25, 0.3) is 0 Å². The van der Waals surface area contributed by atoms with E-state index in [-0.39, 0.29) is 19.8 Å². The molecule has 0 heterocycles. The second-order valence-corrected chi connectivity index (χ2v) is 7.50. The largest absolute Gasteiger partial charge is 0.420 e. The lowest BCUT2D eigenvalue weighted by Gasteiger charge is -2.09. The van der Waals surface area contributed by atoms with E-state index in [1.165, 1.54) is 12.8 Å². The van der Waals surface area contributed by atoms with Crippen LogP contribution in [0.3, 0.4) is 0 Å². The summed E-state index contributed by atoms with van der Waals surface area (Å²) in [7, 11) is 0. The molecule has 0 N–H and O–H groups in total. The van der Waals surface area contributed by atoms with Gasteiger partial charge in [-0.2, -0.15) is 8.78 Å². The number of benzene rings is 1. The van der Waals surface area contributed by atoms with Crippen molar-refractivity contribution in [2.24, 2.45) is 0 Å². The molecule has 0 radical (unpaired) electrons. The van der Waals surface area contributed by atoms with Gasteiger partial charge in [-0.1, -0.05) is 19.8 Å². The van der Waals surface area contributed by atoms with Crippen molar-refractivity contribution in [2.75, 3.05) is 79.3 Å². The number of hydrogen-bond donors (Lipinski definition) is 0. The van der Waals surface area contributed by atoms with Crippen LogP contribution in [0.5, 0.6) is 5.75 Å². The number of halogens is 5. The summed E-state index contributed by atoms with van der Waals surface area (Å²) < 4.78 is 102. The minimum atomic E-state index is -2.34. The Morgan fingerprint density at radius 1 is 0.514 bits per heavy atom. The van der Waals surface area contributed by atoms with Crippen LogP contribution in [-0.2, 0) is 33.2 Å². The first kappa shape index (κ1) is 33.1. The Bertz CT molecular complexity index is 740. The standard InChI is InChI=1S/C24H35F5O8/c1-2-3-4-6-31-8-10-33-12-14-35-16-17-36-15-13-34-11-9-32-7-5-18(30)37-24-22(28)20(26)19(25)21(27)23(24)29/h2-17H2,1H3. The topological polar surface area (TPSA) is 81.7 Å². The molecule has 13 heteroatoms. The maximum absolute atomic E-state index is 13.5. The lowest BCUT2D eigenvalue weighted by atomic mass is 10.2. The van der Waals surface area contributed by atoms with Crippen molar-refractivity contribution >= 4 is 5.97 Å². The maximum atomic E-state index is 13.5. The van der Waals surface area contributed by atoms with Crippen LogP contribution in [0.1, 0.15) is 32.6 Å². The summed E-state index contributed by atoms with van der Waals surface area (Å²) in [6, 6.07) is 0. The van der Waals surface area contributed by atoms with Crippen molar-refractivity contribution in [3.05, 3.63) is 29.1 Å². The lowest BCUT2D eigenvalue weighted by molar-refractivity contribution is -0.136. The summed E-state index contributed by atoms with van der Waals surface area (Å²) in [5, 5.41) is 0. The molecule has 214 valence electrons. The first-order valence-electron chi connectivity index (χ1n) is 12.1. The fourth-order valence-corrected chi connectivity index (χ4v) is 2.65. The van der Waals surface area contributed by atoms with Crippen LogP contribution in [0.2, 0.25) is 0 Å². The molecule has 1 aromatic rings. The first-order valence-corrected chi connectivity index (χ1v) is 12.1. The summed E-state index contributed by atoms with van der Waals surface area (Å²) in [6.07, 6.45) is 2.94. The van der Waals surface area contributed by atoms with Gasteiger partial charge >= 0.3 is 5.97 Å². The monoisotopic (exact) mass is 546 g/mol. The average Bonchev–Trinajstić information content (AvgIpc) is 2.89. The van der Waals surface area contributed by atoms with Gasteiger partial charge in [-0.15, -0.1) is 0 Å². The van der Waals surface area contributed by atoms with E-state index in [1.807, 2.05) is 0 Å². The minimum Gasteiger partial charge on any atom is -0.420 e. The Labute approximate surface area is 213 Å². The fourth-order valence-electron chi connectivity index (χ4n) is 2.65. The second-order valence-electron chi connectivity index (χ2n) is 7.50. The summed E-state index contributed by atoms with van der Waals surface area (Å²) in [5.41, 5.74) is 0. The molecule has 0 fully saturated rings. The number of esters is 1. The van der Waals surface area contributed by atoms with E-state index >= 15 is 0 Å². The Hall–Kier alpha value is -1.90. The Morgan fingerprint density at radius 2 is 0.865 bits per heavy atom. The van der Waals surface area contributed by atoms with Gasteiger partial charge < -0.3 is 33.2 Å². The summed E-state index contributed by atoms with van der Waals surface area (Å²) >= 11 is 0. The number of unbranched alkanes of at least 4 members (excludes halogenated alkanes) is 2. The lowest BCUT2D eigenvalue weighted by Crippen LogP contribution is -2.16. The highest BCUT2D eigenvalue weighted by Gasteiger charge is 2.28. The average molecular weight is 547 g/mol. The van der Waals surface area contributed by atoms with Gasteiger partial charge in [0, 0.05) is 6.61 Å². The number of rotatable bonds is 23. The molecule has 1 rings (SSSR count). The number of hydrogen-bond acceptors (Lipinski definition) is 8. The molecule has 0 bridgehead atoms. The van der Waals surface area contributed by atoms with E-state index in [2.05, 4.69) is 11.7 Å². The highest BCUT2D eigenvalue weighted by molar-refractivity contribution is 5.72. The summed E-state index contributed by atoms with van der Waals surface area (Å²) in [5.74, 6) is -14.1. The Morgan fingerprint density at radius 3 is 1.27 bits per heavy atom. The molecule has 37 heavy (non-hydrogen) atoms. The summed E-state index contributed by atoms with van der Waals surface area (Å²) in [6.45, 7) is 6.49. The molecule has 1 aromatic carbocycles. The molecule has 0 saturated heterocycles. The quantitative estimate of drug-likeness (QED) is 0.0510. The molecule has 0 aliphatic heterocycles. The normalized spacial score (nSPS) is 11.3. The van der Waals surface area contributed by atoms with E-state index in [0.29, 0.717) is 52.9 Å². The third-order valence-electron chi connectivity index (χ3n) is 4.59. The van der Waals surface area contributed by atoms with Gasteiger partial charge in [-0.05, 0) is 6.42 Å². The summed E-state index contributed by atoms with van der Waals surface area (Å²) in [4.78, 5) is 11.6. The molecular formula is C24H35F5O8. The van der Waals surface area contributed by atoms with Crippen LogP contribution in [0.4, 0.5) is 22.0 Å². The molecule has 8 nitrogen and oxygen atoms in total. The first-order chi connectivity index (χ1) is 17.9. The van der Waals surface area contributed by atoms with Gasteiger partial charge in [0.05, 0.1) is 79.1 Å². The molecule has 0 amide bonds. The van der Waals surface area contributed by atoms with Crippen LogP contribution in [0.15, 0.2) is 0 Å². The van der Waals surface area contributed by atoms with Crippen molar-refractivity contribution < 1.29 is 59.9 Å². The third-order valence-corrected chi connectivity index (χ3v) is 4.59. The SMILES string of the molecule is CCCCCOCCOCCOCCOCCOCCOCCC(=O)Oc1c(F)c(F)c(F)c(F)c1F. The number of ether oxygens (including phenoxy) is 7. The molecule has 0 unspecified atom stereocenters. The highest BCUT2D eigenvalue weighted by atomic mass is 19.2. The van der Waals surface area contributed by atoms with Crippen LogP contribution in [0, 0.1) is 29.1 Å². The molecule has 0 aromatic heterocycles. The van der Waals surface area contributed by atoms with E-state index in [4.69, 9.17) is 28.4 Å². The van der Waals surface area contributed by atoms with E-state index < -0.39 is 47.2 Å². The van der Waals surface area contributed by atoms with Gasteiger partial charge in [-0.25, -0.2) is 13.2 Å². The number of carbonyl (C=O) groups excluding carboxylic acids is 1. The zero-order valence-electron chi connectivity index (χ0n) is 21.0. The zero-order valence-corrected chi connectivity index (χ0v) is 21.0. The van der Waals surface area contributed by atoms with E-state index in [9.17, 15) is 26.7 Å². The van der Waals surface area contributed by atoms with Crippen LogP contribution < -0.4 is 4.74 Å². The molecule has 0 atom stereocenters. The zero-order chi connectivity index (χ0) is 27.3. The molecule has 0 aliphatic carbocycles. The van der Waals surface area contributed by atoms with Crippen molar-refractivity contribution in [1.29, 1.82) is 0 Å². The van der Waals surface area contributed by atoms with E-state index in [0.717, 1.165) is 13.0 Å². The van der Waals surface area contributed by atoms with Crippen LogP contribution >= 0.6 is 0 Å². The Kier molecular flexibility index (Phi) is 18.9. The highest BCUT2D eigenvalue weighted by Crippen LogP contribution is 2.29. The van der Waals surface area contributed by atoms with Gasteiger partial charge in [0.2, 0.25) is 34.8 Å². The van der Waals surface area contributed by atoms with Gasteiger partial charge in [0.25, 0.3) is 0 Å². The number of carbonyl (C=O) groups is 1. The van der Waals surface area contributed by atoms with Crippen LogP contribution in [-0.4, -0.2) is 85.3 Å². The molecule has 0 saturated carbocycles. The predicted octanol–water partition coefficient (Wildman–Crippen LogP) is 3.97. The smallest absolute Gasteiger partial charge is 0.313 e. The molecule has 0 spiro atoms. The molecular weight excluding hydrogens is 511 g/mol. The van der Waals surface area contributed by atoms with Gasteiger partial charge in [-0.3, -0.25) is 4.79 Å². The van der Waals surface area contributed by atoms with Gasteiger partial charge in [0.1, 0.15) is 0 Å². The Balaban J connectivity index is 1.89. The predicted molar refractivity (Wildman–Crippen MR) is 121 cm³/mol. The van der Waals surface area contributed by atoms with Crippen molar-refractivity contribution in [1.82, 2.24) is 0 Å². The third kappa shape index (κ3) is 14.6. The molecule has 0 aliphatic rings. The van der Waals surface area contributed by atoms with Crippen molar-refractivity contribution in [3.8, 4) is 5.75 Å². The van der Waals surface area contributed by atoms with Crippen molar-refractivity contribution in [2.45, 2.75) is 32.6 Å². The van der Waals surface area contributed by atoms with Gasteiger partial charge in [0.15, 0.2) is 0 Å². The minimum absolute atomic E-state index is 0.0999. The second kappa shape index (κ2) is 21.1.